The van der Waals surface area contributed by atoms with Gasteiger partial charge in [0.15, 0.2) is 8.32 Å². The second-order valence-electron chi connectivity index (χ2n) is 13.3. The van der Waals surface area contributed by atoms with E-state index in [0.717, 1.165) is 31.2 Å². The fourth-order valence-corrected chi connectivity index (χ4v) is 6.08. The van der Waals surface area contributed by atoms with Crippen LogP contribution >= 0.6 is 0 Å². The Balaban J connectivity index is 2.12. The predicted molar refractivity (Wildman–Crippen MR) is 165 cm³/mol. The molecule has 9 nitrogen and oxygen atoms in total. The third kappa shape index (κ3) is 10.8. The number of carbonyl (C=O) groups excluding carboxylic acids is 3. The summed E-state index contributed by atoms with van der Waals surface area (Å²) in [5.41, 5.74) is 0.966. The molecule has 1 aliphatic carbocycles. The molecule has 2 rings (SSSR count). The van der Waals surface area contributed by atoms with Crippen LogP contribution in [-0.2, 0) is 34.6 Å². The van der Waals surface area contributed by atoms with Crippen LogP contribution in [0.2, 0.25) is 18.1 Å². The number of hydrogen-bond donors (Lipinski definition) is 1. The lowest BCUT2D eigenvalue weighted by atomic mass is 9.79. The molecule has 0 aliphatic heterocycles. The summed E-state index contributed by atoms with van der Waals surface area (Å²) in [5.74, 6) is -0.544. The van der Waals surface area contributed by atoms with Gasteiger partial charge in [0.2, 0.25) is 0 Å². The Bertz CT molecular complexity index is 1090. The number of nitrogens with one attached hydrogen (secondary N) is 1. The van der Waals surface area contributed by atoms with Crippen molar-refractivity contribution in [2.75, 3.05) is 27.4 Å². The van der Waals surface area contributed by atoms with E-state index in [1.165, 1.54) is 14.2 Å². The first-order valence-corrected chi connectivity index (χ1v) is 17.6. The van der Waals surface area contributed by atoms with Crippen LogP contribution in [0.1, 0.15) is 72.8 Å². The molecule has 0 heterocycles. The number of methoxy groups -OCH3 is 2. The molecule has 10 heteroatoms. The number of ether oxygens (including phenoxy) is 4. The Morgan fingerprint density at radius 2 is 1.45 bits per heavy atom. The van der Waals surface area contributed by atoms with Crippen LogP contribution in [-0.4, -0.2) is 65.4 Å². The quantitative estimate of drug-likeness (QED) is 0.102. The van der Waals surface area contributed by atoms with Crippen molar-refractivity contribution >= 4 is 26.3 Å². The van der Waals surface area contributed by atoms with Crippen LogP contribution in [0.5, 0.6) is 5.75 Å². The maximum absolute atomic E-state index is 13.1. The third-order valence-corrected chi connectivity index (χ3v) is 12.4. The van der Waals surface area contributed by atoms with Crippen molar-refractivity contribution in [3.63, 3.8) is 0 Å². The molecule has 0 atom stereocenters. The zero-order valence-electron chi connectivity index (χ0n) is 27.2. The number of carbonyl (C=O) groups is 3. The van der Waals surface area contributed by atoms with Gasteiger partial charge in [-0.25, -0.2) is 14.4 Å². The Morgan fingerprint density at radius 3 is 1.95 bits per heavy atom. The number of amides is 1. The van der Waals surface area contributed by atoms with Gasteiger partial charge in [-0.05, 0) is 88.2 Å². The SMILES string of the molecule is COC(=O)C(Cc1ccc(OCCNC(=O)OC(C)(C)C)cc1)=C(C(=O)OC)[C@H]1CC[C@@H](O[Si](C)(C)C(C)(C)C)CC1. The summed E-state index contributed by atoms with van der Waals surface area (Å²) in [6.45, 7) is 17.2. The monoisotopic (exact) mass is 605 g/mol. The number of rotatable bonds is 11. The fraction of sp³-hybridized carbons (Fsp3) is 0.656. The van der Waals surface area contributed by atoms with E-state index in [9.17, 15) is 14.4 Å². The van der Waals surface area contributed by atoms with Crippen LogP contribution in [0.25, 0.3) is 0 Å². The summed E-state index contributed by atoms with van der Waals surface area (Å²) in [7, 11) is 0.755. The highest BCUT2D eigenvalue weighted by atomic mass is 28.4. The van der Waals surface area contributed by atoms with E-state index >= 15 is 0 Å². The maximum Gasteiger partial charge on any atom is 0.407 e. The molecule has 1 aliphatic rings. The summed E-state index contributed by atoms with van der Waals surface area (Å²) >= 11 is 0. The summed E-state index contributed by atoms with van der Waals surface area (Å²) in [6, 6.07) is 7.27. The zero-order valence-corrected chi connectivity index (χ0v) is 28.2. The van der Waals surface area contributed by atoms with E-state index in [1.807, 2.05) is 12.1 Å². The van der Waals surface area contributed by atoms with Gasteiger partial charge in [-0.2, -0.15) is 0 Å². The normalized spacial score (nSPS) is 18.4. The first-order chi connectivity index (χ1) is 19.5. The van der Waals surface area contributed by atoms with Crippen molar-refractivity contribution in [2.24, 2.45) is 5.92 Å². The molecule has 42 heavy (non-hydrogen) atoms. The molecule has 236 valence electrons. The van der Waals surface area contributed by atoms with E-state index in [4.69, 9.17) is 23.4 Å². The molecule has 1 N–H and O–H groups in total. The summed E-state index contributed by atoms with van der Waals surface area (Å²) in [5, 5.41) is 2.77. The molecule has 1 amide bonds. The molecule has 1 aromatic carbocycles. The molecule has 0 bridgehead atoms. The van der Waals surface area contributed by atoms with Crippen molar-refractivity contribution in [2.45, 2.75) is 103 Å². The van der Waals surface area contributed by atoms with Gasteiger partial charge in [-0.1, -0.05) is 32.9 Å². The molecule has 1 fully saturated rings. The molecule has 1 saturated carbocycles. The molecule has 0 radical (unpaired) electrons. The van der Waals surface area contributed by atoms with Gasteiger partial charge >= 0.3 is 18.0 Å². The molecular formula is C32H51NO8Si. The van der Waals surface area contributed by atoms with Crippen LogP contribution in [0.3, 0.4) is 0 Å². The fourth-order valence-electron chi connectivity index (χ4n) is 4.65. The van der Waals surface area contributed by atoms with Gasteiger partial charge in [0.1, 0.15) is 18.0 Å². The van der Waals surface area contributed by atoms with Gasteiger partial charge in [-0.15, -0.1) is 0 Å². The van der Waals surface area contributed by atoms with E-state index < -0.39 is 32.0 Å². The van der Waals surface area contributed by atoms with Crippen LogP contribution < -0.4 is 10.1 Å². The maximum atomic E-state index is 13.1. The number of hydrogen-bond acceptors (Lipinski definition) is 8. The molecule has 0 saturated heterocycles. The highest BCUT2D eigenvalue weighted by Crippen LogP contribution is 2.41. The van der Waals surface area contributed by atoms with Crippen molar-refractivity contribution in [3.05, 3.63) is 41.0 Å². The highest BCUT2D eigenvalue weighted by Gasteiger charge is 2.41. The van der Waals surface area contributed by atoms with Gasteiger partial charge in [-0.3, -0.25) is 0 Å². The molecule has 1 aromatic rings. The molecule has 0 aromatic heterocycles. The molecule has 0 spiro atoms. The average molecular weight is 606 g/mol. The van der Waals surface area contributed by atoms with Crippen LogP contribution in [0.15, 0.2) is 35.4 Å². The summed E-state index contributed by atoms with van der Waals surface area (Å²) < 4.78 is 27.8. The van der Waals surface area contributed by atoms with E-state index in [-0.39, 0.29) is 36.6 Å². The Hall–Kier alpha value is -2.85. The first-order valence-electron chi connectivity index (χ1n) is 14.7. The Kier molecular flexibility index (Phi) is 12.7. The zero-order chi connectivity index (χ0) is 31.7. The minimum absolute atomic E-state index is 0.120. The lowest BCUT2D eigenvalue weighted by Crippen LogP contribution is -2.44. The lowest BCUT2D eigenvalue weighted by Gasteiger charge is -2.41. The molecule has 0 unspecified atom stereocenters. The predicted octanol–water partition coefficient (Wildman–Crippen LogP) is 6.36. The Labute approximate surface area is 252 Å². The van der Waals surface area contributed by atoms with Crippen molar-refractivity contribution < 1.29 is 37.8 Å². The van der Waals surface area contributed by atoms with Crippen molar-refractivity contribution in [3.8, 4) is 5.75 Å². The summed E-state index contributed by atoms with van der Waals surface area (Å²) in [4.78, 5) is 37.8. The van der Waals surface area contributed by atoms with Crippen molar-refractivity contribution in [1.82, 2.24) is 5.32 Å². The minimum atomic E-state index is -1.91. The number of esters is 2. The third-order valence-electron chi connectivity index (χ3n) is 7.86. The number of alkyl carbamates (subject to hydrolysis) is 1. The van der Waals surface area contributed by atoms with Crippen LogP contribution in [0.4, 0.5) is 4.79 Å². The van der Waals surface area contributed by atoms with Crippen molar-refractivity contribution in [1.29, 1.82) is 0 Å². The second kappa shape index (κ2) is 15.0. The van der Waals surface area contributed by atoms with Gasteiger partial charge in [0, 0.05) is 12.5 Å². The van der Waals surface area contributed by atoms with E-state index in [1.54, 1.807) is 32.9 Å². The smallest absolute Gasteiger partial charge is 0.407 e. The van der Waals surface area contributed by atoms with E-state index in [2.05, 4.69) is 39.2 Å². The van der Waals surface area contributed by atoms with Gasteiger partial charge in [0.05, 0.1) is 31.9 Å². The van der Waals surface area contributed by atoms with Crippen LogP contribution in [0, 0.1) is 5.92 Å². The topological polar surface area (TPSA) is 109 Å². The molecular weight excluding hydrogens is 554 g/mol. The largest absolute Gasteiger partial charge is 0.492 e. The van der Waals surface area contributed by atoms with Gasteiger partial charge in [0.25, 0.3) is 0 Å². The van der Waals surface area contributed by atoms with E-state index in [0.29, 0.717) is 16.9 Å². The second-order valence-corrected chi connectivity index (χ2v) is 18.1. The summed E-state index contributed by atoms with van der Waals surface area (Å²) in [6.07, 6.45) is 2.97. The lowest BCUT2D eigenvalue weighted by molar-refractivity contribution is -0.140. The standard InChI is InChI=1S/C32H51NO8Si/c1-31(2,3)40-30(36)33-19-20-39-24-15-11-22(12-16-24)21-26(28(34)37-7)27(29(35)38-8)23-13-17-25(18-14-23)41-42(9,10)32(4,5)6/h11-12,15-16,23,25H,13-14,17-21H2,1-10H3,(H,33,36)/t23-,25+. The number of benzene rings is 1. The highest BCUT2D eigenvalue weighted by molar-refractivity contribution is 6.74. The van der Waals surface area contributed by atoms with Gasteiger partial charge < -0.3 is 28.7 Å². The first kappa shape index (κ1) is 35.3. The minimum Gasteiger partial charge on any atom is -0.492 e. The Morgan fingerprint density at radius 1 is 0.881 bits per heavy atom. The average Bonchev–Trinajstić information content (AvgIpc) is 2.90.